The van der Waals surface area contributed by atoms with E-state index in [4.69, 9.17) is 9.98 Å². The molecule has 0 amide bonds. The Kier molecular flexibility index (Phi) is 10.8. The van der Waals surface area contributed by atoms with Crippen molar-refractivity contribution >= 4 is 34.0 Å². The Morgan fingerprint density at radius 1 is 0.698 bits per heavy atom. The molecule has 3 nitrogen and oxygen atoms in total. The van der Waals surface area contributed by atoms with Crippen LogP contribution >= 0.6 is 0 Å². The molecule has 0 radical (unpaired) electrons. The van der Waals surface area contributed by atoms with E-state index in [1.165, 1.54) is 37.9 Å². The maximum atomic E-state index is 4.98. The molecule has 5 aromatic carbocycles. The average molecular weight is 684 g/mol. The fourth-order valence-corrected chi connectivity index (χ4v) is 6.71. The highest BCUT2D eigenvalue weighted by Crippen LogP contribution is 2.27. The van der Waals surface area contributed by atoms with Gasteiger partial charge in [-0.3, -0.25) is 4.98 Å². The minimum atomic E-state index is 0.584. The van der Waals surface area contributed by atoms with Crippen molar-refractivity contribution in [1.29, 1.82) is 0 Å². The molecule has 0 atom stereocenters. The average Bonchev–Trinajstić information content (AvgIpc) is 3.21. The van der Waals surface area contributed by atoms with Crippen LogP contribution in [0.4, 0.5) is 0 Å². The summed E-state index contributed by atoms with van der Waals surface area (Å²) in [5.74, 6) is 0.584. The summed E-state index contributed by atoms with van der Waals surface area (Å²) in [6, 6.07) is 45.0. The third-order valence-corrected chi connectivity index (χ3v) is 9.49. The number of amidine groups is 1. The molecule has 256 valence electrons. The zero-order valence-electron chi connectivity index (χ0n) is 30.0. The van der Waals surface area contributed by atoms with E-state index in [1.807, 2.05) is 31.5 Å². The summed E-state index contributed by atoms with van der Waals surface area (Å²) in [6.45, 7) is 10.1. The number of aromatic nitrogens is 1. The normalized spacial score (nSPS) is 16.9. The highest BCUT2D eigenvalue weighted by molar-refractivity contribution is 6.06. The SMILES string of the molecule is C=C/C=C(\C)C(=C)/N=C(\N=C\c1ccc(-c2cccnc2)cc1)c1cccc(/C2=c3\cccc\c3=C(/c3cccc4ccccc34)C/C=C\C=C/C2)c1. The summed E-state index contributed by atoms with van der Waals surface area (Å²) in [4.78, 5) is 14.2. The summed E-state index contributed by atoms with van der Waals surface area (Å²) in [7, 11) is 0. The van der Waals surface area contributed by atoms with E-state index >= 15 is 0 Å². The summed E-state index contributed by atoms with van der Waals surface area (Å²) < 4.78 is 0. The molecule has 0 aliphatic heterocycles. The lowest BCUT2D eigenvalue weighted by atomic mass is 9.90. The van der Waals surface area contributed by atoms with Gasteiger partial charge in [0.1, 0.15) is 0 Å². The molecular formula is C50H41N3. The number of benzene rings is 5. The molecule has 0 N–H and O–H groups in total. The quantitative estimate of drug-likeness (QED) is 0.0894. The van der Waals surface area contributed by atoms with Gasteiger partial charge in [-0.15, -0.1) is 0 Å². The first-order valence-corrected chi connectivity index (χ1v) is 17.9. The van der Waals surface area contributed by atoms with Crippen LogP contribution in [0.5, 0.6) is 0 Å². The van der Waals surface area contributed by atoms with E-state index < -0.39 is 0 Å². The Labute approximate surface area is 312 Å². The summed E-state index contributed by atoms with van der Waals surface area (Å²) in [5.41, 5.74) is 10.5. The molecule has 0 unspecified atom stereocenters. The Bertz CT molecular complexity index is 2570. The van der Waals surface area contributed by atoms with E-state index in [-0.39, 0.29) is 0 Å². The van der Waals surface area contributed by atoms with E-state index in [0.717, 1.165) is 46.2 Å². The highest BCUT2D eigenvalue weighted by Gasteiger charge is 2.12. The van der Waals surface area contributed by atoms with Crippen molar-refractivity contribution in [2.45, 2.75) is 19.8 Å². The third-order valence-electron chi connectivity index (χ3n) is 9.49. The van der Waals surface area contributed by atoms with E-state index in [1.54, 1.807) is 12.3 Å². The van der Waals surface area contributed by atoms with Crippen LogP contribution in [0.2, 0.25) is 0 Å². The second-order valence-electron chi connectivity index (χ2n) is 13.0. The van der Waals surface area contributed by atoms with Crippen LogP contribution in [0.15, 0.2) is 211 Å². The van der Waals surface area contributed by atoms with Crippen molar-refractivity contribution in [2.75, 3.05) is 0 Å². The van der Waals surface area contributed by atoms with Gasteiger partial charge >= 0.3 is 0 Å². The second kappa shape index (κ2) is 16.5. The van der Waals surface area contributed by atoms with Crippen molar-refractivity contribution in [3.8, 4) is 11.1 Å². The molecule has 0 fully saturated rings. The highest BCUT2D eigenvalue weighted by atomic mass is 14.9. The standard InChI is InChI=1S/C50H41N3/c1-4-16-36(2)37(3)53-50(52-34-38-28-30-39(31-29-38)43-21-15-32-51-35-43)42-20-13-19-41(33-42)45-22-7-5-6-8-24-48(49-26-12-11-25-46(45)49)47-27-14-18-40-17-9-10-23-44(40)47/h4-21,23,25-35H,1,3,22,24H2,2H3/b7-5-,8-6-,36-16+,46-45+,49-48+,52-34+,53-50-. The predicted octanol–water partition coefficient (Wildman–Crippen LogP) is 10.7. The van der Waals surface area contributed by atoms with Crippen LogP contribution in [0.3, 0.4) is 0 Å². The van der Waals surface area contributed by atoms with Crippen molar-refractivity contribution in [1.82, 2.24) is 4.98 Å². The monoisotopic (exact) mass is 683 g/mol. The summed E-state index contributed by atoms with van der Waals surface area (Å²) in [6.07, 6.45) is 19.6. The van der Waals surface area contributed by atoms with E-state index in [0.29, 0.717) is 11.5 Å². The van der Waals surface area contributed by atoms with Gasteiger partial charge in [-0.25, -0.2) is 9.98 Å². The molecule has 0 spiro atoms. The van der Waals surface area contributed by atoms with Gasteiger partial charge in [0.25, 0.3) is 0 Å². The molecule has 1 heterocycles. The summed E-state index contributed by atoms with van der Waals surface area (Å²) >= 11 is 0. The topological polar surface area (TPSA) is 37.6 Å². The van der Waals surface area contributed by atoms with Crippen molar-refractivity contribution in [3.05, 3.63) is 233 Å². The molecule has 53 heavy (non-hydrogen) atoms. The second-order valence-corrected chi connectivity index (χ2v) is 13.0. The molecule has 0 saturated carbocycles. The van der Waals surface area contributed by atoms with Crippen molar-refractivity contribution in [2.24, 2.45) is 9.98 Å². The number of pyridine rings is 1. The van der Waals surface area contributed by atoms with Gasteiger partial charge in [-0.05, 0) is 97.6 Å². The number of rotatable bonds is 8. The molecule has 7 rings (SSSR count). The van der Waals surface area contributed by atoms with Crippen LogP contribution in [0.25, 0.3) is 33.0 Å². The Morgan fingerprint density at radius 3 is 2.17 bits per heavy atom. The molecule has 1 aromatic heterocycles. The maximum Gasteiger partial charge on any atom is 0.159 e. The number of aliphatic imine (C=N–C) groups is 2. The lowest BCUT2D eigenvalue weighted by Gasteiger charge is -2.14. The lowest BCUT2D eigenvalue weighted by molar-refractivity contribution is 1.27. The molecule has 3 heteroatoms. The number of hydrogen-bond donors (Lipinski definition) is 0. The first kappa shape index (κ1) is 34.7. The number of nitrogens with zero attached hydrogens (tertiary/aromatic N) is 3. The number of allylic oxidation sites excluding steroid dienone is 7. The fourth-order valence-electron chi connectivity index (χ4n) is 6.71. The molecule has 1 aliphatic carbocycles. The van der Waals surface area contributed by atoms with Gasteiger partial charge < -0.3 is 0 Å². The zero-order valence-corrected chi connectivity index (χ0v) is 30.0. The fraction of sp³-hybridized carbons (Fsp3) is 0.0600. The minimum absolute atomic E-state index is 0.584. The Balaban J connectivity index is 1.37. The number of hydrogen-bond acceptors (Lipinski definition) is 2. The molecule has 6 aromatic rings. The first-order chi connectivity index (χ1) is 26.1. The van der Waals surface area contributed by atoms with Gasteiger partial charge in [0.15, 0.2) is 5.84 Å². The van der Waals surface area contributed by atoms with E-state index in [9.17, 15) is 0 Å². The van der Waals surface area contributed by atoms with E-state index in [2.05, 4.69) is 164 Å². The minimum Gasteiger partial charge on any atom is -0.264 e. The Morgan fingerprint density at radius 2 is 1.40 bits per heavy atom. The summed E-state index contributed by atoms with van der Waals surface area (Å²) in [5, 5.41) is 4.96. The molecular weight excluding hydrogens is 643 g/mol. The van der Waals surface area contributed by atoms with Crippen LogP contribution in [0, 0.1) is 0 Å². The van der Waals surface area contributed by atoms with Crippen molar-refractivity contribution in [3.63, 3.8) is 0 Å². The van der Waals surface area contributed by atoms with Crippen LogP contribution in [0.1, 0.15) is 42.0 Å². The predicted molar refractivity (Wildman–Crippen MR) is 226 cm³/mol. The molecule has 0 saturated heterocycles. The van der Waals surface area contributed by atoms with Crippen LogP contribution < -0.4 is 10.4 Å². The van der Waals surface area contributed by atoms with Crippen LogP contribution in [-0.4, -0.2) is 17.0 Å². The molecule has 0 bridgehead atoms. The van der Waals surface area contributed by atoms with Gasteiger partial charge in [0.2, 0.25) is 0 Å². The lowest BCUT2D eigenvalue weighted by Crippen LogP contribution is -2.30. The molecule has 1 aliphatic rings. The number of fused-ring (bicyclic) bond motifs is 2. The van der Waals surface area contributed by atoms with Gasteiger partial charge in [0, 0.05) is 24.2 Å². The van der Waals surface area contributed by atoms with Gasteiger partial charge in [-0.1, -0.05) is 165 Å². The van der Waals surface area contributed by atoms with Gasteiger partial charge in [-0.2, -0.15) is 0 Å². The first-order valence-electron chi connectivity index (χ1n) is 17.9. The van der Waals surface area contributed by atoms with Crippen molar-refractivity contribution < 1.29 is 0 Å². The van der Waals surface area contributed by atoms with Crippen LogP contribution in [-0.2, 0) is 0 Å². The maximum absolute atomic E-state index is 4.98. The largest absolute Gasteiger partial charge is 0.264 e. The smallest absolute Gasteiger partial charge is 0.159 e. The third kappa shape index (κ3) is 8.11. The zero-order chi connectivity index (χ0) is 36.4. The van der Waals surface area contributed by atoms with Gasteiger partial charge in [0.05, 0.1) is 5.70 Å². The Hall–Kier alpha value is -6.71.